The summed E-state index contributed by atoms with van der Waals surface area (Å²) in [5, 5.41) is 39.8. The number of amides is 2. The molecule has 67 heavy (non-hydrogen) atoms. The lowest BCUT2D eigenvalue weighted by Crippen LogP contribution is -2.63. The van der Waals surface area contributed by atoms with E-state index in [1.807, 2.05) is 24.3 Å². The first kappa shape index (κ1) is 54.6. The second-order valence-electron chi connectivity index (χ2n) is 19.1. The van der Waals surface area contributed by atoms with E-state index in [9.17, 15) is 44.1 Å². The van der Waals surface area contributed by atoms with Crippen LogP contribution in [-0.4, -0.2) is 149 Å². The number of aromatic nitrogens is 1. The van der Waals surface area contributed by atoms with Gasteiger partial charge in [0, 0.05) is 47.7 Å². The zero-order valence-corrected chi connectivity index (χ0v) is 40.4. The number of rotatable bonds is 14. The monoisotopic (exact) mass is 941 g/mol. The SMILES string of the molecule is CC[C@H]1OC(=O)C[C@@H](O)[C@H](C)[C@@H](O[C@@H]2O[C@H](C)[C@@H](O)[C@H](N(C)C)[C@H]2O)[C@@H](CC=O)C[C@@H](C)C(=O)/C=C/C(C)=C/[C@@H]1COC(=O)CNC(=O)[C@H](Cc1c[nH]c2ccccc12)NC(=O)OC(C)(C)C. The molecule has 2 aliphatic rings. The van der Waals surface area contributed by atoms with Crippen LogP contribution in [0.15, 0.2) is 54.3 Å². The van der Waals surface area contributed by atoms with Crippen LogP contribution in [0.1, 0.15) is 86.6 Å². The number of fused-ring (bicyclic) bond motifs is 1. The number of nitrogens with zero attached hydrogens (tertiary/aromatic N) is 1. The Bertz CT molecular complexity index is 2060. The number of nitrogens with one attached hydrogen (secondary N) is 3. The zero-order valence-electron chi connectivity index (χ0n) is 40.4. The number of esters is 2. The van der Waals surface area contributed by atoms with Crippen LogP contribution in [-0.2, 0) is 54.1 Å². The highest BCUT2D eigenvalue weighted by atomic mass is 16.7. The average molecular weight is 941 g/mol. The van der Waals surface area contributed by atoms with Crippen LogP contribution >= 0.6 is 0 Å². The molecule has 0 bridgehead atoms. The lowest BCUT2D eigenvalue weighted by Gasteiger charge is -2.46. The molecule has 6 N–H and O–H groups in total. The number of H-pyrrole nitrogens is 1. The molecule has 2 aromatic rings. The second-order valence-corrected chi connectivity index (χ2v) is 19.1. The van der Waals surface area contributed by atoms with Gasteiger partial charge in [0.25, 0.3) is 0 Å². The third kappa shape index (κ3) is 15.8. The smallest absolute Gasteiger partial charge is 0.408 e. The van der Waals surface area contributed by atoms with E-state index >= 15 is 0 Å². The van der Waals surface area contributed by atoms with Gasteiger partial charge in [-0.25, -0.2) is 4.79 Å². The molecular formula is C49H72N4O14. The van der Waals surface area contributed by atoms with Crippen molar-refractivity contribution >= 4 is 46.9 Å². The highest BCUT2D eigenvalue weighted by Crippen LogP contribution is 2.34. The van der Waals surface area contributed by atoms with Crippen LogP contribution in [0.2, 0.25) is 0 Å². The number of carbonyl (C=O) groups excluding carboxylic acids is 6. The van der Waals surface area contributed by atoms with Crippen LogP contribution in [0.3, 0.4) is 0 Å². The first-order chi connectivity index (χ1) is 31.5. The highest BCUT2D eigenvalue weighted by molar-refractivity contribution is 5.92. The molecule has 0 spiro atoms. The minimum absolute atomic E-state index is 0.0684. The lowest BCUT2D eigenvalue weighted by molar-refractivity contribution is -0.304. The standard InChI is InChI=1S/C49H72N4O14/c1-11-39-33(26-63-41(58)25-51-46(61)36(52-48(62)67-49(6,7)8)22-32-24-50-35-15-13-12-14-34(32)35)20-27(2)16-17-37(55)28(3)21-31(18-19-54)45(29(4)38(56)23-40(57)65-39)66-47-44(60)42(53(9)10)43(59)30(5)64-47/h12-17,19-20,24,28-31,33,36,38-39,42-45,47,50,56,59-60H,11,18,21-23,25-26H2,1-10H3,(H,51,61)(H,52,62)/b17-16+,27-20+/t28-,29+,30-,31+,33-,36+,38-,39-,42+,43-,44-,45-,47+/m1/s1. The number of hydrogen-bond acceptors (Lipinski definition) is 15. The van der Waals surface area contributed by atoms with E-state index in [-0.39, 0.29) is 38.1 Å². The van der Waals surface area contributed by atoms with E-state index in [4.69, 9.17) is 23.7 Å². The number of aromatic amines is 1. The maximum Gasteiger partial charge on any atom is 0.408 e. The van der Waals surface area contributed by atoms with Crippen LogP contribution in [0.4, 0.5) is 4.79 Å². The fraction of sp³-hybridized carbons (Fsp3) is 0.633. The molecule has 372 valence electrons. The third-order valence-corrected chi connectivity index (χ3v) is 12.3. The number of allylic oxidation sites excluding steroid dienone is 3. The highest BCUT2D eigenvalue weighted by Gasteiger charge is 2.47. The zero-order chi connectivity index (χ0) is 49.7. The van der Waals surface area contributed by atoms with Gasteiger partial charge >= 0.3 is 18.0 Å². The second kappa shape index (κ2) is 24.9. The lowest BCUT2D eigenvalue weighted by atomic mass is 9.79. The summed E-state index contributed by atoms with van der Waals surface area (Å²) < 4.78 is 29.4. The van der Waals surface area contributed by atoms with Gasteiger partial charge in [-0.05, 0) is 85.2 Å². The number of carbonyl (C=O) groups is 6. The Balaban J connectivity index is 1.53. The molecule has 18 heteroatoms. The molecule has 1 aromatic heterocycles. The van der Waals surface area contributed by atoms with E-state index < -0.39 is 121 Å². The Labute approximate surface area is 393 Å². The normalized spacial score (nSPS) is 30.9. The molecule has 0 unspecified atom stereocenters. The molecule has 2 amide bonds. The molecular weight excluding hydrogens is 869 g/mol. The Morgan fingerprint density at radius 3 is 2.40 bits per heavy atom. The van der Waals surface area contributed by atoms with Crippen LogP contribution in [0.5, 0.6) is 0 Å². The van der Waals surface area contributed by atoms with Crippen LogP contribution in [0.25, 0.3) is 10.9 Å². The maximum atomic E-state index is 13.6. The van der Waals surface area contributed by atoms with Gasteiger partial charge in [-0.1, -0.05) is 56.7 Å². The summed E-state index contributed by atoms with van der Waals surface area (Å²) in [6.07, 6.45) is -1.49. The number of likely N-dealkylation sites (N-methyl/N-ethyl adjacent to an activating group) is 1. The van der Waals surface area contributed by atoms with Crippen LogP contribution in [0, 0.1) is 23.7 Å². The summed E-state index contributed by atoms with van der Waals surface area (Å²) >= 11 is 0. The summed E-state index contributed by atoms with van der Waals surface area (Å²) in [6.45, 7) is 12.7. The van der Waals surface area contributed by atoms with E-state index in [0.717, 1.165) is 16.5 Å². The predicted molar refractivity (Wildman–Crippen MR) is 247 cm³/mol. The summed E-state index contributed by atoms with van der Waals surface area (Å²) in [5.41, 5.74) is 1.34. The first-order valence-corrected chi connectivity index (χ1v) is 23.1. The Morgan fingerprint density at radius 1 is 1.04 bits per heavy atom. The van der Waals surface area contributed by atoms with E-state index in [1.165, 1.54) is 6.08 Å². The van der Waals surface area contributed by atoms with Crippen LogP contribution < -0.4 is 10.6 Å². The number of hydrogen-bond donors (Lipinski definition) is 6. The predicted octanol–water partition coefficient (Wildman–Crippen LogP) is 3.69. The molecule has 0 aliphatic carbocycles. The average Bonchev–Trinajstić information content (AvgIpc) is 3.66. The molecule has 1 aromatic carbocycles. The first-order valence-electron chi connectivity index (χ1n) is 23.1. The van der Waals surface area contributed by atoms with Gasteiger partial charge in [-0.3, -0.25) is 19.2 Å². The van der Waals surface area contributed by atoms with Gasteiger partial charge in [0.15, 0.2) is 12.1 Å². The fourth-order valence-corrected chi connectivity index (χ4v) is 8.62. The molecule has 3 heterocycles. The molecule has 13 atom stereocenters. The molecule has 4 rings (SSSR count). The minimum Gasteiger partial charge on any atom is -0.464 e. The van der Waals surface area contributed by atoms with Gasteiger partial charge in [-0.15, -0.1) is 0 Å². The van der Waals surface area contributed by atoms with E-state index in [2.05, 4.69) is 15.6 Å². The van der Waals surface area contributed by atoms with Crippen molar-refractivity contribution in [1.82, 2.24) is 20.5 Å². The van der Waals surface area contributed by atoms with E-state index in [0.29, 0.717) is 11.9 Å². The number of para-hydroxylation sites is 1. The third-order valence-electron chi connectivity index (χ3n) is 12.3. The Morgan fingerprint density at radius 2 is 1.75 bits per heavy atom. The molecule has 18 nitrogen and oxygen atoms in total. The number of ether oxygens (including phenoxy) is 5. The number of aldehydes is 1. The number of ketones is 1. The largest absolute Gasteiger partial charge is 0.464 e. The molecule has 0 radical (unpaired) electrons. The van der Waals surface area contributed by atoms with Gasteiger partial charge in [-0.2, -0.15) is 0 Å². The Hall–Kier alpha value is -4.98. The number of alkyl carbamates (subject to hydrolysis) is 1. The molecule has 1 saturated heterocycles. The quantitative estimate of drug-likeness (QED) is 0.0898. The summed E-state index contributed by atoms with van der Waals surface area (Å²) in [5.74, 6) is -5.41. The van der Waals surface area contributed by atoms with Crippen molar-refractivity contribution in [1.29, 1.82) is 0 Å². The topological polar surface area (TPSA) is 252 Å². The van der Waals surface area contributed by atoms with Crippen molar-refractivity contribution in [3.8, 4) is 0 Å². The molecule has 1 fully saturated rings. The number of cyclic esters (lactones) is 1. The van der Waals surface area contributed by atoms with Crippen molar-refractivity contribution in [2.24, 2.45) is 23.7 Å². The van der Waals surface area contributed by atoms with Crippen molar-refractivity contribution in [3.63, 3.8) is 0 Å². The maximum absolute atomic E-state index is 13.6. The number of aliphatic hydroxyl groups excluding tert-OH is 3. The van der Waals surface area contributed by atoms with Crippen molar-refractivity contribution in [2.75, 3.05) is 27.2 Å². The summed E-state index contributed by atoms with van der Waals surface area (Å²) in [4.78, 5) is 83.8. The van der Waals surface area contributed by atoms with Crippen molar-refractivity contribution < 1.29 is 67.8 Å². The van der Waals surface area contributed by atoms with Crippen molar-refractivity contribution in [2.45, 2.75) is 148 Å². The molecule has 2 aliphatic heterocycles. The van der Waals surface area contributed by atoms with Crippen molar-refractivity contribution in [3.05, 3.63) is 59.8 Å². The van der Waals surface area contributed by atoms with Gasteiger partial charge in [0.05, 0.1) is 36.9 Å². The minimum atomic E-state index is -1.39. The summed E-state index contributed by atoms with van der Waals surface area (Å²) in [6, 6.07) is 5.58. The fourth-order valence-electron chi connectivity index (χ4n) is 8.62. The number of aliphatic hydroxyl groups is 3. The van der Waals surface area contributed by atoms with E-state index in [1.54, 1.807) is 92.7 Å². The van der Waals surface area contributed by atoms with Gasteiger partial charge in [0.1, 0.15) is 43.3 Å². The molecule has 0 saturated carbocycles. The Kier molecular flexibility index (Phi) is 20.3. The number of benzene rings is 1. The van der Waals surface area contributed by atoms with Gasteiger partial charge < -0.3 is 64.3 Å². The van der Waals surface area contributed by atoms with Gasteiger partial charge in [0.2, 0.25) is 5.91 Å². The summed E-state index contributed by atoms with van der Waals surface area (Å²) in [7, 11) is 3.39.